The normalized spacial score (nSPS) is 21.6. The number of fused-ring (bicyclic) bond motifs is 2. The second kappa shape index (κ2) is 18.1. The molecule has 6 heterocycles. The lowest BCUT2D eigenvalue weighted by molar-refractivity contribution is -0.140. The Morgan fingerprint density at radius 3 is 2.33 bits per heavy atom. The van der Waals surface area contributed by atoms with Gasteiger partial charge in [0.25, 0.3) is 23.6 Å². The third-order valence-electron chi connectivity index (χ3n) is 13.8. The van der Waals surface area contributed by atoms with Crippen molar-refractivity contribution >= 4 is 69.9 Å². The molecule has 0 radical (unpaired) electrons. The standard InChI is InChI=1S/C46H51F3N10O8/c1-54-35-23-50-37(22-34(35)58(27-6-3-4-7-27)25-46(48,49)45(54)66)52-31-21-30(47)29(20-36(31)67-2)41(62)51-26-12-14-57(15-13-26)39(61)24-55-16-18-56(19-17-55)32-9-5-8-28-40(32)44(65)59(43(28)64)33-10-11-38(60)53-42(33)63/h5,8-9,20-23,26-27,33H,3-4,6-7,10-19,24-25H2,1-2H3,(H,50,52)(H,51,62)(H,53,60,63). The number of benzene rings is 2. The van der Waals surface area contributed by atoms with Crippen LogP contribution in [0.15, 0.2) is 42.6 Å². The molecule has 354 valence electrons. The van der Waals surface area contributed by atoms with E-state index in [0.29, 0.717) is 76.3 Å². The van der Waals surface area contributed by atoms with E-state index in [1.165, 1.54) is 26.4 Å². The van der Waals surface area contributed by atoms with Gasteiger partial charge in [0.05, 0.1) is 65.8 Å². The lowest BCUT2D eigenvalue weighted by atomic mass is 10.0. The summed E-state index contributed by atoms with van der Waals surface area (Å²) in [5, 5.41) is 8.11. The molecule has 2 aromatic carbocycles. The minimum absolute atomic E-state index is 0.0268. The topological polar surface area (TPSA) is 197 Å². The molecule has 1 aliphatic carbocycles. The van der Waals surface area contributed by atoms with Crippen LogP contribution in [-0.4, -0.2) is 152 Å². The van der Waals surface area contributed by atoms with Gasteiger partial charge in [-0.2, -0.15) is 8.78 Å². The first-order valence-electron chi connectivity index (χ1n) is 22.6. The number of amides is 7. The van der Waals surface area contributed by atoms with Crippen LogP contribution in [0, 0.1) is 5.82 Å². The Bertz CT molecular complexity index is 2540. The van der Waals surface area contributed by atoms with E-state index >= 15 is 13.2 Å². The molecule has 7 amide bonds. The van der Waals surface area contributed by atoms with Crippen LogP contribution >= 0.6 is 0 Å². The van der Waals surface area contributed by atoms with Crippen LogP contribution < -0.4 is 35.4 Å². The number of alkyl halides is 2. The van der Waals surface area contributed by atoms with Crippen molar-refractivity contribution in [3.05, 3.63) is 65.1 Å². The maximum absolute atomic E-state index is 15.7. The number of piperazine rings is 1. The second-order valence-electron chi connectivity index (χ2n) is 17.9. The van der Waals surface area contributed by atoms with Crippen LogP contribution in [0.2, 0.25) is 0 Å². The highest BCUT2D eigenvalue weighted by Gasteiger charge is 2.49. The number of carbonyl (C=O) groups excluding carboxylic acids is 7. The van der Waals surface area contributed by atoms with Gasteiger partial charge in [0.1, 0.15) is 23.4 Å². The third-order valence-corrected chi connectivity index (χ3v) is 13.8. The number of methoxy groups -OCH3 is 1. The number of rotatable bonds is 10. The molecule has 1 saturated carbocycles. The first kappa shape index (κ1) is 45.4. The van der Waals surface area contributed by atoms with Gasteiger partial charge in [-0.1, -0.05) is 18.9 Å². The minimum Gasteiger partial charge on any atom is -0.495 e. The first-order chi connectivity index (χ1) is 32.1. The van der Waals surface area contributed by atoms with Crippen molar-refractivity contribution in [2.75, 3.05) is 86.5 Å². The summed E-state index contributed by atoms with van der Waals surface area (Å²) in [7, 11) is 2.65. The molecule has 67 heavy (non-hydrogen) atoms. The second-order valence-corrected chi connectivity index (χ2v) is 17.9. The van der Waals surface area contributed by atoms with E-state index in [1.807, 2.05) is 9.80 Å². The summed E-state index contributed by atoms with van der Waals surface area (Å²) in [5.41, 5.74) is 1.51. The Balaban J connectivity index is 0.777. The molecule has 6 aliphatic rings. The van der Waals surface area contributed by atoms with Crippen LogP contribution in [0.4, 0.5) is 41.7 Å². The maximum Gasteiger partial charge on any atom is 0.342 e. The number of aromatic nitrogens is 1. The van der Waals surface area contributed by atoms with E-state index in [9.17, 15) is 33.6 Å². The fourth-order valence-corrected chi connectivity index (χ4v) is 10.1. The Labute approximate surface area is 383 Å². The smallest absolute Gasteiger partial charge is 0.342 e. The zero-order valence-electron chi connectivity index (χ0n) is 37.1. The molecule has 3 saturated heterocycles. The number of hydrogen-bond donors (Lipinski definition) is 3. The summed E-state index contributed by atoms with van der Waals surface area (Å²) in [5.74, 6) is -8.46. The molecule has 5 aliphatic heterocycles. The van der Waals surface area contributed by atoms with E-state index < -0.39 is 59.8 Å². The largest absolute Gasteiger partial charge is 0.495 e. The number of pyridine rings is 1. The van der Waals surface area contributed by atoms with Crippen molar-refractivity contribution in [2.24, 2.45) is 0 Å². The highest BCUT2D eigenvalue weighted by Crippen LogP contribution is 2.42. The Morgan fingerprint density at radius 1 is 0.896 bits per heavy atom. The highest BCUT2D eigenvalue weighted by atomic mass is 19.3. The van der Waals surface area contributed by atoms with Gasteiger partial charge < -0.3 is 35.0 Å². The lowest BCUT2D eigenvalue weighted by Crippen LogP contribution is -2.54. The van der Waals surface area contributed by atoms with Crippen LogP contribution in [0.5, 0.6) is 5.75 Å². The molecule has 1 aromatic heterocycles. The SMILES string of the molecule is COc1cc(C(=O)NC2CCN(C(=O)CN3CCN(c4cccc5c4C(=O)N(C4CCC(=O)NC4=O)C5=O)CC3)CC2)c(F)cc1Nc1cc2c(cn1)N(C)C(=O)C(F)(F)CN2C1CCCC1. The molecular weight excluding hydrogens is 878 g/mol. The predicted molar refractivity (Wildman–Crippen MR) is 237 cm³/mol. The molecular formula is C46H51F3N10O8. The van der Waals surface area contributed by atoms with E-state index in [4.69, 9.17) is 4.74 Å². The Hall–Kier alpha value is -6.77. The molecule has 4 fully saturated rings. The zero-order valence-corrected chi connectivity index (χ0v) is 37.1. The van der Waals surface area contributed by atoms with Gasteiger partial charge in [-0.25, -0.2) is 9.37 Å². The van der Waals surface area contributed by atoms with Gasteiger partial charge in [-0.05, 0) is 50.3 Å². The number of piperidine rings is 2. The van der Waals surface area contributed by atoms with E-state index in [-0.39, 0.29) is 77.0 Å². The number of hydrogen-bond acceptors (Lipinski definition) is 13. The fraction of sp³-hybridized carbons (Fsp3) is 0.478. The van der Waals surface area contributed by atoms with Crippen molar-refractivity contribution in [3.8, 4) is 5.75 Å². The molecule has 1 unspecified atom stereocenters. The van der Waals surface area contributed by atoms with Crippen molar-refractivity contribution in [3.63, 3.8) is 0 Å². The number of carbonyl (C=O) groups is 7. The van der Waals surface area contributed by atoms with Crippen molar-refractivity contribution in [2.45, 2.75) is 75.4 Å². The number of ether oxygens (including phenoxy) is 1. The van der Waals surface area contributed by atoms with Gasteiger partial charge in [0, 0.05) is 77.0 Å². The van der Waals surface area contributed by atoms with Crippen molar-refractivity contribution < 1.29 is 51.5 Å². The van der Waals surface area contributed by atoms with Gasteiger partial charge >= 0.3 is 5.92 Å². The number of anilines is 5. The predicted octanol–water partition coefficient (Wildman–Crippen LogP) is 3.28. The summed E-state index contributed by atoms with van der Waals surface area (Å²) in [6, 6.07) is 7.36. The summed E-state index contributed by atoms with van der Waals surface area (Å²) in [4.78, 5) is 104. The number of imide groups is 2. The average molecular weight is 929 g/mol. The third kappa shape index (κ3) is 8.71. The van der Waals surface area contributed by atoms with Crippen LogP contribution in [0.1, 0.15) is 82.4 Å². The van der Waals surface area contributed by atoms with Crippen molar-refractivity contribution in [1.82, 2.24) is 30.3 Å². The number of nitrogens with zero attached hydrogens (tertiary/aromatic N) is 7. The van der Waals surface area contributed by atoms with Crippen LogP contribution in [0.3, 0.4) is 0 Å². The number of nitrogens with one attached hydrogen (secondary N) is 3. The summed E-state index contributed by atoms with van der Waals surface area (Å²) < 4.78 is 51.5. The molecule has 18 nitrogen and oxygen atoms in total. The first-order valence-corrected chi connectivity index (χ1v) is 22.6. The summed E-state index contributed by atoms with van der Waals surface area (Å²) in [6.45, 7) is 2.11. The van der Waals surface area contributed by atoms with E-state index in [0.717, 1.165) is 28.7 Å². The highest BCUT2D eigenvalue weighted by molar-refractivity contribution is 6.25. The van der Waals surface area contributed by atoms with Gasteiger partial charge in [-0.15, -0.1) is 0 Å². The fourth-order valence-electron chi connectivity index (χ4n) is 10.1. The lowest BCUT2D eigenvalue weighted by Gasteiger charge is -2.38. The zero-order chi connectivity index (χ0) is 47.3. The molecule has 3 aromatic rings. The minimum atomic E-state index is -3.61. The molecule has 21 heteroatoms. The average Bonchev–Trinajstić information content (AvgIpc) is 3.93. The Morgan fingerprint density at radius 2 is 1.63 bits per heavy atom. The summed E-state index contributed by atoms with van der Waals surface area (Å²) in [6.07, 6.45) is 5.48. The van der Waals surface area contributed by atoms with Crippen LogP contribution in [-0.2, 0) is 19.2 Å². The molecule has 0 bridgehead atoms. The molecule has 9 rings (SSSR count). The quantitative estimate of drug-likeness (QED) is 0.251. The monoisotopic (exact) mass is 928 g/mol. The van der Waals surface area contributed by atoms with Gasteiger partial charge in [0.15, 0.2) is 0 Å². The maximum atomic E-state index is 15.7. The molecule has 1 atom stereocenters. The number of likely N-dealkylation sites (tertiary alicyclic amines) is 1. The molecule has 3 N–H and O–H groups in total. The van der Waals surface area contributed by atoms with Crippen molar-refractivity contribution in [1.29, 1.82) is 0 Å². The van der Waals surface area contributed by atoms with E-state index in [1.54, 1.807) is 34.1 Å². The van der Waals surface area contributed by atoms with Gasteiger partial charge in [-0.3, -0.25) is 48.7 Å². The van der Waals surface area contributed by atoms with Gasteiger partial charge in [0.2, 0.25) is 17.7 Å². The van der Waals surface area contributed by atoms with Crippen LogP contribution in [0.25, 0.3) is 0 Å². The Kier molecular flexibility index (Phi) is 12.3. The van der Waals surface area contributed by atoms with E-state index in [2.05, 4.69) is 20.9 Å². The molecule has 0 spiro atoms. The number of halogens is 3. The summed E-state index contributed by atoms with van der Waals surface area (Å²) >= 11 is 0.